The summed E-state index contributed by atoms with van der Waals surface area (Å²) in [5.74, 6) is -1.37. The normalized spacial score (nSPS) is 10.9. The predicted octanol–water partition coefficient (Wildman–Crippen LogP) is 5.62. The smallest absolute Gasteiger partial charge is 0.413 e. The maximum Gasteiger partial charge on any atom is 0.429 e. The van der Waals surface area contributed by atoms with E-state index in [0.29, 0.717) is 0 Å². The number of fused-ring (bicyclic) bond motifs is 2. The molecular weight excluding hydrogens is 794 g/mol. The minimum Gasteiger partial charge on any atom is -0.413 e. The van der Waals surface area contributed by atoms with E-state index in [2.05, 4.69) is 81.4 Å². The van der Waals surface area contributed by atoms with Crippen LogP contribution in [0.4, 0.5) is 13.2 Å². The summed E-state index contributed by atoms with van der Waals surface area (Å²) in [5.41, 5.74) is 2.35. The van der Waals surface area contributed by atoms with E-state index in [1.165, 1.54) is 33.8 Å². The standard InChI is InChI=1S/2C14H11N2.C8H4F3N4.Ir/c2*1-15-9-10-16(11-15)14-8-4-6-12-5-2-3-7-13(12)14;9-8(10,11)7-13-6(14-15-7)5-3-1-2-4-12-5;/h2*2-7,9-10H,1H3;1-4H;/q3*-1;. The molecule has 48 heavy (non-hydrogen) atoms. The Kier molecular flexibility index (Phi) is 10.6. The molecule has 0 spiro atoms. The summed E-state index contributed by atoms with van der Waals surface area (Å²) in [6.45, 7) is 0. The third kappa shape index (κ3) is 7.91. The maximum absolute atomic E-state index is 12.1. The zero-order chi connectivity index (χ0) is 32.8. The molecule has 8 rings (SSSR count). The van der Waals surface area contributed by atoms with Crippen molar-refractivity contribution < 1.29 is 42.4 Å². The summed E-state index contributed by atoms with van der Waals surface area (Å²) in [5, 5.41) is 11.1. The fourth-order valence-corrected chi connectivity index (χ4v) is 4.71. The molecule has 8 aromatic rings. The Hall–Kier alpha value is -5.45. The number of halogens is 3. The van der Waals surface area contributed by atoms with E-state index in [0.717, 1.165) is 11.4 Å². The van der Waals surface area contributed by atoms with Gasteiger partial charge in [-0.05, 0) is 18.0 Å². The first-order valence-corrected chi connectivity index (χ1v) is 14.3. The molecule has 0 aliphatic carbocycles. The molecule has 12 heteroatoms. The Labute approximate surface area is 288 Å². The van der Waals surface area contributed by atoms with Gasteiger partial charge in [0.2, 0.25) is 12.7 Å². The van der Waals surface area contributed by atoms with Gasteiger partial charge < -0.3 is 28.4 Å². The number of aromatic nitrogens is 8. The van der Waals surface area contributed by atoms with Crippen molar-refractivity contribution in [1.82, 2.24) is 29.3 Å². The molecule has 8 nitrogen and oxygen atoms in total. The number of benzene rings is 4. The molecule has 4 aromatic carbocycles. The molecule has 0 N–H and O–H groups in total. The average molecular weight is 820 g/mol. The van der Waals surface area contributed by atoms with Gasteiger partial charge in [0.15, 0.2) is 0 Å². The first-order valence-electron chi connectivity index (χ1n) is 14.3. The van der Waals surface area contributed by atoms with Gasteiger partial charge in [0.25, 0.3) is 0 Å². The Morgan fingerprint density at radius 1 is 0.708 bits per heavy atom. The Bertz CT molecular complexity index is 2110. The number of pyridine rings is 1. The molecule has 4 aromatic heterocycles. The second-order valence-corrected chi connectivity index (χ2v) is 10.3. The van der Waals surface area contributed by atoms with E-state index < -0.39 is 12.0 Å². The summed E-state index contributed by atoms with van der Waals surface area (Å²) in [7, 11) is 3.92. The molecular formula is C36H26F3IrN8-3. The van der Waals surface area contributed by atoms with Gasteiger partial charge >= 0.3 is 6.18 Å². The SMILES string of the molecule is C[n+]1[c-]n(-c2[c-]ccc3ccccc23)cc1.C[n+]1[c-]n(-c2[c-]ccc3ccccc23)cc1.FC(F)(F)c1n[n-]c(-c2ccccn2)n1.[Ir]. The van der Waals surface area contributed by atoms with Crippen LogP contribution in [0.25, 0.3) is 44.4 Å². The van der Waals surface area contributed by atoms with E-state index in [1.54, 1.807) is 12.1 Å². The molecule has 0 saturated carbocycles. The Morgan fingerprint density at radius 2 is 1.23 bits per heavy atom. The molecule has 0 amide bonds. The van der Waals surface area contributed by atoms with Gasteiger partial charge in [-0.25, -0.2) is 0 Å². The van der Waals surface area contributed by atoms with Crippen molar-refractivity contribution in [2.75, 3.05) is 0 Å². The number of nitrogens with zero attached hydrogens (tertiary/aromatic N) is 8. The largest absolute Gasteiger partial charge is 0.429 e. The minimum atomic E-state index is -4.57. The number of alkyl halides is 3. The molecule has 0 aliphatic rings. The van der Waals surface area contributed by atoms with Crippen molar-refractivity contribution in [3.8, 4) is 22.9 Å². The van der Waals surface area contributed by atoms with Crippen LogP contribution in [-0.4, -0.2) is 24.2 Å². The second-order valence-electron chi connectivity index (χ2n) is 10.3. The summed E-state index contributed by atoms with van der Waals surface area (Å²) >= 11 is 0. The number of hydrogen-bond donors (Lipinski definition) is 0. The molecule has 0 unspecified atom stereocenters. The molecule has 1 radical (unpaired) electrons. The first-order chi connectivity index (χ1) is 22.8. The zero-order valence-corrected chi connectivity index (χ0v) is 28.0. The molecule has 0 aliphatic heterocycles. The van der Waals surface area contributed by atoms with Crippen LogP contribution in [0.15, 0.2) is 122 Å². The van der Waals surface area contributed by atoms with Crippen LogP contribution >= 0.6 is 0 Å². The average Bonchev–Trinajstić information content (AvgIpc) is 3.87. The Balaban J connectivity index is 0.000000140. The second kappa shape index (κ2) is 15.0. The van der Waals surface area contributed by atoms with E-state index in [4.69, 9.17) is 0 Å². The Morgan fingerprint density at radius 3 is 1.67 bits per heavy atom. The summed E-state index contributed by atoms with van der Waals surface area (Å²) in [6, 6.07) is 36.0. The minimum absolute atomic E-state index is 0. The van der Waals surface area contributed by atoms with Crippen LogP contribution in [0.2, 0.25) is 0 Å². The molecule has 0 bridgehead atoms. The predicted molar refractivity (Wildman–Crippen MR) is 168 cm³/mol. The topological polar surface area (TPSA) is 70.4 Å². The third-order valence-corrected chi connectivity index (χ3v) is 6.89. The van der Waals surface area contributed by atoms with Crippen LogP contribution in [0.5, 0.6) is 0 Å². The van der Waals surface area contributed by atoms with Gasteiger partial charge in [-0.15, -0.1) is 33.7 Å². The fourth-order valence-electron chi connectivity index (χ4n) is 4.71. The molecule has 243 valence electrons. The van der Waals surface area contributed by atoms with Gasteiger partial charge in [0.05, 0.1) is 19.8 Å². The van der Waals surface area contributed by atoms with Crippen LogP contribution in [0, 0.1) is 24.8 Å². The van der Waals surface area contributed by atoms with Crippen molar-refractivity contribution >= 4 is 21.5 Å². The molecule has 0 saturated heterocycles. The molecule has 4 heterocycles. The van der Waals surface area contributed by atoms with E-state index in [1.807, 2.05) is 93.5 Å². The van der Waals surface area contributed by atoms with E-state index in [9.17, 15) is 13.2 Å². The van der Waals surface area contributed by atoms with Crippen molar-refractivity contribution in [2.45, 2.75) is 6.18 Å². The van der Waals surface area contributed by atoms with Gasteiger partial charge in [-0.1, -0.05) is 53.8 Å². The number of imidazole rings is 2. The molecule has 0 atom stereocenters. The number of rotatable bonds is 3. The van der Waals surface area contributed by atoms with Gasteiger partial charge in [-0.2, -0.15) is 49.6 Å². The summed E-state index contributed by atoms with van der Waals surface area (Å²) < 4.78 is 44.1. The maximum atomic E-state index is 12.1. The zero-order valence-electron chi connectivity index (χ0n) is 25.6. The summed E-state index contributed by atoms with van der Waals surface area (Å²) in [6.07, 6.45) is 11.2. The third-order valence-electron chi connectivity index (χ3n) is 6.89. The first kappa shape index (κ1) is 33.9. The van der Waals surface area contributed by atoms with Gasteiger partial charge in [0, 0.05) is 51.1 Å². The van der Waals surface area contributed by atoms with Crippen molar-refractivity contribution in [1.29, 1.82) is 0 Å². The van der Waals surface area contributed by atoms with Crippen LogP contribution < -0.4 is 14.2 Å². The van der Waals surface area contributed by atoms with E-state index in [-0.39, 0.29) is 31.6 Å². The summed E-state index contributed by atoms with van der Waals surface area (Å²) in [4.78, 5) is 7.05. The molecule has 0 fully saturated rings. The van der Waals surface area contributed by atoms with E-state index >= 15 is 0 Å². The number of hydrogen-bond acceptors (Lipinski definition) is 3. The van der Waals surface area contributed by atoms with Crippen molar-refractivity contribution in [3.05, 3.63) is 153 Å². The van der Waals surface area contributed by atoms with Crippen molar-refractivity contribution in [2.24, 2.45) is 14.1 Å². The monoisotopic (exact) mass is 820 g/mol. The van der Waals surface area contributed by atoms with Crippen LogP contribution in [0.3, 0.4) is 0 Å². The van der Waals surface area contributed by atoms with Gasteiger partial charge in [0.1, 0.15) is 5.82 Å². The fraction of sp³-hybridized carbons (Fsp3) is 0.0833. The van der Waals surface area contributed by atoms with Crippen LogP contribution in [0.1, 0.15) is 5.82 Å². The number of aryl methyl sites for hydroxylation is 2. The van der Waals surface area contributed by atoms with Crippen molar-refractivity contribution in [3.63, 3.8) is 0 Å². The van der Waals surface area contributed by atoms with Gasteiger partial charge in [-0.3, -0.25) is 10.1 Å². The van der Waals surface area contributed by atoms with Crippen LogP contribution in [-0.2, 0) is 40.4 Å². The quantitative estimate of drug-likeness (QED) is 0.172.